The number of nitrogens with zero attached hydrogens (tertiary/aromatic N) is 1. The molecule has 0 saturated carbocycles. The molecule has 0 heterocycles. The summed E-state index contributed by atoms with van der Waals surface area (Å²) in [5.41, 5.74) is -0.377. The van der Waals surface area contributed by atoms with E-state index < -0.39 is 17.8 Å². The van der Waals surface area contributed by atoms with Crippen LogP contribution in [0.15, 0.2) is 0 Å². The molecular weight excluding hydrogens is 292 g/mol. The van der Waals surface area contributed by atoms with Crippen LogP contribution in [0.3, 0.4) is 0 Å². The van der Waals surface area contributed by atoms with Crippen LogP contribution in [0.1, 0.15) is 53.9 Å². The molecule has 5 heteroatoms. The van der Waals surface area contributed by atoms with Gasteiger partial charge in [-0.1, -0.05) is 41.0 Å². The number of rotatable bonds is 10. The molecule has 0 aliphatic heterocycles. The molecule has 0 saturated heterocycles. The van der Waals surface area contributed by atoms with Gasteiger partial charge in [-0.05, 0) is 11.8 Å². The van der Waals surface area contributed by atoms with Gasteiger partial charge in [0.25, 0.3) is 0 Å². The highest BCUT2D eigenvalue weighted by Gasteiger charge is 2.39. The van der Waals surface area contributed by atoms with Gasteiger partial charge >= 0.3 is 5.97 Å². The van der Waals surface area contributed by atoms with E-state index in [1.54, 1.807) is 6.92 Å². The van der Waals surface area contributed by atoms with Crippen molar-refractivity contribution < 1.29 is 19.2 Å². The largest absolute Gasteiger partial charge is 0.481 e. The summed E-state index contributed by atoms with van der Waals surface area (Å²) in [6.07, 6.45) is 3.31. The Morgan fingerprint density at radius 1 is 1.13 bits per heavy atom. The van der Waals surface area contributed by atoms with Crippen LogP contribution >= 0.6 is 0 Å². The Labute approximate surface area is 142 Å². The van der Waals surface area contributed by atoms with Crippen molar-refractivity contribution in [2.24, 2.45) is 17.3 Å². The van der Waals surface area contributed by atoms with Gasteiger partial charge in [-0.25, -0.2) is 0 Å². The summed E-state index contributed by atoms with van der Waals surface area (Å²) in [4.78, 5) is 23.7. The van der Waals surface area contributed by atoms with E-state index in [1.165, 1.54) is 12.8 Å². The number of hydrogen-bond donors (Lipinski definition) is 2. The summed E-state index contributed by atoms with van der Waals surface area (Å²) in [6, 6.07) is 0. The highest BCUT2D eigenvalue weighted by molar-refractivity contribution is 5.85. The number of carboxylic acid groups (broad SMARTS) is 1. The minimum absolute atomic E-state index is 0.147. The van der Waals surface area contributed by atoms with E-state index in [9.17, 15) is 14.7 Å². The Hall–Kier alpha value is -1.10. The zero-order valence-electron chi connectivity index (χ0n) is 16.1. The average Bonchev–Trinajstić information content (AvgIpc) is 2.40. The van der Waals surface area contributed by atoms with Crippen LogP contribution in [0, 0.1) is 17.3 Å². The third kappa shape index (κ3) is 8.35. The maximum absolute atomic E-state index is 12.5. The van der Waals surface area contributed by atoms with Crippen molar-refractivity contribution in [3.8, 4) is 0 Å². The van der Waals surface area contributed by atoms with Crippen molar-refractivity contribution >= 4 is 11.9 Å². The molecule has 23 heavy (non-hydrogen) atoms. The number of carbonyl (C=O) groups excluding carboxylic acids is 1. The van der Waals surface area contributed by atoms with Gasteiger partial charge < -0.3 is 14.9 Å². The summed E-state index contributed by atoms with van der Waals surface area (Å²) in [5.74, 6) is -2.28. The first-order chi connectivity index (χ1) is 10.4. The second kappa shape index (κ2) is 9.26. The number of amides is 1. The predicted molar refractivity (Wildman–Crippen MR) is 94.1 cm³/mol. The zero-order valence-corrected chi connectivity index (χ0v) is 16.1. The van der Waals surface area contributed by atoms with Crippen LogP contribution in [0.5, 0.6) is 0 Å². The van der Waals surface area contributed by atoms with E-state index in [-0.39, 0.29) is 11.3 Å². The van der Waals surface area contributed by atoms with Gasteiger partial charge in [0.05, 0.1) is 39.0 Å². The second-order valence-corrected chi connectivity index (χ2v) is 8.35. The minimum Gasteiger partial charge on any atom is -0.481 e. The Morgan fingerprint density at radius 2 is 1.65 bits per heavy atom. The molecule has 0 spiro atoms. The zero-order chi connectivity index (χ0) is 18.3. The smallest absolute Gasteiger partial charge is 0.307 e. The van der Waals surface area contributed by atoms with E-state index in [0.717, 1.165) is 24.0 Å². The van der Waals surface area contributed by atoms with Crippen LogP contribution in [-0.2, 0) is 9.59 Å². The highest BCUT2D eigenvalue weighted by Crippen LogP contribution is 2.32. The molecular formula is C18H37N2O3+. The van der Waals surface area contributed by atoms with Crippen LogP contribution < -0.4 is 5.32 Å². The van der Waals surface area contributed by atoms with Gasteiger partial charge in [0.1, 0.15) is 0 Å². The molecule has 0 aliphatic carbocycles. The Balaban J connectivity index is 4.47. The SMILES string of the molecule is CCCC[N+](C)(C)CCCNC(=O)C(C(C)C(=O)O)C(C)(C)C. The molecule has 0 aromatic carbocycles. The maximum atomic E-state index is 12.5. The molecule has 0 radical (unpaired) electrons. The fourth-order valence-corrected chi connectivity index (χ4v) is 3.04. The molecule has 0 fully saturated rings. The number of unbranched alkanes of at least 4 members (excludes halogenated alkanes) is 1. The van der Waals surface area contributed by atoms with E-state index in [4.69, 9.17) is 0 Å². The average molecular weight is 330 g/mol. The van der Waals surface area contributed by atoms with Gasteiger partial charge in [-0.2, -0.15) is 0 Å². The standard InChI is InChI=1S/C18H36N2O3/c1-8-9-12-20(6,7)13-10-11-19-16(21)15(18(3,4)5)14(2)17(22)23/h14-15H,8-13H2,1-7H3,(H-,19,21,22,23)/p+1. The van der Waals surface area contributed by atoms with Gasteiger partial charge in [-0.15, -0.1) is 0 Å². The highest BCUT2D eigenvalue weighted by atomic mass is 16.4. The number of nitrogens with one attached hydrogen (secondary N) is 1. The molecule has 2 atom stereocenters. The van der Waals surface area contributed by atoms with Crippen LogP contribution in [0.25, 0.3) is 0 Å². The van der Waals surface area contributed by atoms with E-state index in [1.807, 2.05) is 20.8 Å². The number of quaternary nitrogens is 1. The topological polar surface area (TPSA) is 66.4 Å². The molecule has 136 valence electrons. The van der Waals surface area contributed by atoms with Crippen molar-refractivity contribution in [3.63, 3.8) is 0 Å². The Bertz CT molecular complexity index is 386. The first-order valence-electron chi connectivity index (χ1n) is 8.75. The Morgan fingerprint density at radius 3 is 2.09 bits per heavy atom. The van der Waals surface area contributed by atoms with Crippen molar-refractivity contribution in [1.29, 1.82) is 0 Å². The summed E-state index contributed by atoms with van der Waals surface area (Å²) in [7, 11) is 4.42. The molecule has 0 aliphatic rings. The van der Waals surface area contributed by atoms with Crippen LogP contribution in [0.4, 0.5) is 0 Å². The molecule has 2 unspecified atom stereocenters. The number of carbonyl (C=O) groups is 2. The molecule has 2 N–H and O–H groups in total. The lowest BCUT2D eigenvalue weighted by molar-refractivity contribution is -0.890. The van der Waals surface area contributed by atoms with Gasteiger partial charge in [-0.3, -0.25) is 9.59 Å². The fraction of sp³-hybridized carbons (Fsp3) is 0.889. The minimum atomic E-state index is -0.919. The number of carboxylic acids is 1. The van der Waals surface area contributed by atoms with Crippen molar-refractivity contribution in [2.45, 2.75) is 53.9 Å². The molecule has 5 nitrogen and oxygen atoms in total. The summed E-state index contributed by atoms with van der Waals surface area (Å²) < 4.78 is 0.956. The summed E-state index contributed by atoms with van der Waals surface area (Å²) in [6.45, 7) is 12.3. The van der Waals surface area contributed by atoms with Crippen LogP contribution in [-0.4, -0.2) is 55.2 Å². The quantitative estimate of drug-likeness (QED) is 0.478. The number of hydrogen-bond acceptors (Lipinski definition) is 2. The normalized spacial score (nSPS) is 15.1. The lowest BCUT2D eigenvalue weighted by Crippen LogP contribution is -2.45. The first kappa shape index (κ1) is 21.9. The summed E-state index contributed by atoms with van der Waals surface area (Å²) >= 11 is 0. The second-order valence-electron chi connectivity index (χ2n) is 8.35. The van der Waals surface area contributed by atoms with E-state index in [2.05, 4.69) is 26.3 Å². The van der Waals surface area contributed by atoms with Gasteiger partial charge in [0.2, 0.25) is 5.91 Å². The molecule has 0 aromatic heterocycles. The van der Waals surface area contributed by atoms with E-state index in [0.29, 0.717) is 6.54 Å². The third-order valence-corrected chi connectivity index (χ3v) is 4.46. The predicted octanol–water partition coefficient (Wildman–Crippen LogP) is 2.75. The monoisotopic (exact) mass is 329 g/mol. The number of aliphatic carboxylic acids is 1. The molecule has 0 rings (SSSR count). The van der Waals surface area contributed by atoms with Crippen molar-refractivity contribution in [1.82, 2.24) is 5.32 Å². The van der Waals surface area contributed by atoms with Gasteiger partial charge in [0, 0.05) is 13.0 Å². The fourth-order valence-electron chi connectivity index (χ4n) is 3.04. The lowest BCUT2D eigenvalue weighted by Gasteiger charge is -2.33. The molecule has 0 bridgehead atoms. The first-order valence-corrected chi connectivity index (χ1v) is 8.75. The summed E-state index contributed by atoms with van der Waals surface area (Å²) in [5, 5.41) is 12.2. The lowest BCUT2D eigenvalue weighted by atomic mass is 9.73. The molecule has 0 aromatic rings. The third-order valence-electron chi connectivity index (χ3n) is 4.46. The van der Waals surface area contributed by atoms with Crippen molar-refractivity contribution in [3.05, 3.63) is 0 Å². The maximum Gasteiger partial charge on any atom is 0.307 e. The van der Waals surface area contributed by atoms with Crippen LogP contribution in [0.2, 0.25) is 0 Å². The van der Waals surface area contributed by atoms with E-state index >= 15 is 0 Å². The molecule has 1 amide bonds. The van der Waals surface area contributed by atoms with Crippen molar-refractivity contribution in [2.75, 3.05) is 33.7 Å². The van der Waals surface area contributed by atoms with Gasteiger partial charge in [0.15, 0.2) is 0 Å². The Kier molecular flexibility index (Phi) is 8.82.